The average Bonchev–Trinajstić information content (AvgIpc) is 2.47. The van der Waals surface area contributed by atoms with Crippen molar-refractivity contribution in [3.63, 3.8) is 0 Å². The van der Waals surface area contributed by atoms with Gasteiger partial charge in [-0.2, -0.15) is 13.2 Å². The fourth-order valence-electron chi connectivity index (χ4n) is 1.81. The Labute approximate surface area is 151 Å². The van der Waals surface area contributed by atoms with Crippen LogP contribution in [0.15, 0.2) is 42.5 Å². The Bertz CT molecular complexity index is 751. The highest BCUT2D eigenvalue weighted by Gasteiger charge is 2.31. The molecule has 0 radical (unpaired) electrons. The summed E-state index contributed by atoms with van der Waals surface area (Å²) in [4.78, 5) is 11.9. The van der Waals surface area contributed by atoms with Gasteiger partial charge in [0, 0.05) is 5.56 Å². The molecule has 0 aliphatic carbocycles. The number of benzene rings is 2. The number of hydrogen-bond donors (Lipinski definition) is 0. The summed E-state index contributed by atoms with van der Waals surface area (Å²) in [5.41, 5.74) is -0.599. The lowest BCUT2D eigenvalue weighted by molar-refractivity contribution is -0.137. The molecule has 0 N–H and O–H groups in total. The van der Waals surface area contributed by atoms with Gasteiger partial charge < -0.3 is 4.74 Å². The predicted octanol–water partition coefficient (Wildman–Crippen LogP) is 6.53. The molecular weight excluding hydrogens is 388 g/mol. The van der Waals surface area contributed by atoms with Crippen molar-refractivity contribution in [2.24, 2.45) is 0 Å². The zero-order valence-corrected chi connectivity index (χ0v) is 14.4. The van der Waals surface area contributed by atoms with Gasteiger partial charge in [-0.15, -0.1) is 0 Å². The van der Waals surface area contributed by atoms with Crippen LogP contribution in [0.25, 0.3) is 0 Å². The van der Waals surface area contributed by atoms with E-state index in [4.69, 9.17) is 39.5 Å². The van der Waals surface area contributed by atoms with Gasteiger partial charge in [0.2, 0.25) is 0 Å². The topological polar surface area (TPSA) is 26.3 Å². The molecule has 0 heterocycles. The van der Waals surface area contributed by atoms with E-state index >= 15 is 0 Å². The summed E-state index contributed by atoms with van der Waals surface area (Å²) in [5.74, 6) is -0.132. The van der Waals surface area contributed by atoms with Gasteiger partial charge in [0.05, 0.1) is 10.6 Å². The first-order chi connectivity index (χ1) is 11.0. The third-order valence-corrected chi connectivity index (χ3v) is 3.64. The van der Waals surface area contributed by atoms with Gasteiger partial charge in [-0.3, -0.25) is 4.79 Å². The van der Waals surface area contributed by atoms with Crippen LogP contribution in [0.2, 0.25) is 5.02 Å². The number of rotatable bonds is 4. The molecule has 24 heavy (non-hydrogen) atoms. The highest BCUT2D eigenvalue weighted by atomic mass is 35.5. The second-order valence-electron chi connectivity index (χ2n) is 4.99. The van der Waals surface area contributed by atoms with Crippen molar-refractivity contribution >= 4 is 40.6 Å². The van der Waals surface area contributed by atoms with Crippen LogP contribution in [-0.2, 0) is 6.18 Å². The molecule has 0 saturated heterocycles. The number of carbonyl (C=O) groups is 1. The minimum absolute atomic E-state index is 0.0586. The molecule has 2 aromatic carbocycles. The Balaban J connectivity index is 2.19. The van der Waals surface area contributed by atoms with Gasteiger partial charge in [0.25, 0.3) is 0 Å². The molecule has 0 spiro atoms. The lowest BCUT2D eigenvalue weighted by Gasteiger charge is -2.13. The monoisotopic (exact) mass is 396 g/mol. The van der Waals surface area contributed by atoms with Gasteiger partial charge in [0.15, 0.2) is 10.1 Å². The van der Waals surface area contributed by atoms with E-state index in [-0.39, 0.29) is 16.3 Å². The van der Waals surface area contributed by atoms with E-state index in [1.807, 2.05) is 0 Å². The number of ketones is 1. The third kappa shape index (κ3) is 4.56. The zero-order valence-electron chi connectivity index (χ0n) is 12.1. The van der Waals surface area contributed by atoms with E-state index in [2.05, 4.69) is 0 Å². The van der Waals surface area contributed by atoms with Crippen LogP contribution in [0.3, 0.4) is 0 Å². The summed E-state index contributed by atoms with van der Waals surface area (Å²) < 4.78 is 41.6. The molecule has 0 aromatic heterocycles. The van der Waals surface area contributed by atoms with Crippen molar-refractivity contribution in [1.82, 2.24) is 0 Å². The van der Waals surface area contributed by atoms with E-state index in [0.717, 1.165) is 18.2 Å². The van der Waals surface area contributed by atoms with Crippen LogP contribution >= 0.6 is 34.8 Å². The molecule has 2 rings (SSSR count). The number of alkyl halides is 5. The Hall–Kier alpha value is -1.43. The molecular formula is C16H10Cl3F3O2. The van der Waals surface area contributed by atoms with Crippen LogP contribution < -0.4 is 4.74 Å². The maximum atomic E-state index is 12.6. The molecule has 2 nitrogen and oxygen atoms in total. The molecule has 0 unspecified atom stereocenters. The standard InChI is InChI=1S/C16H10Cl3F3O2/c1-15(18,19)14(23)9-2-5-11(6-3-9)24-13-7-4-10(8-12(13)17)16(20,21)22/h2-8H,1H3. The Morgan fingerprint density at radius 3 is 2.08 bits per heavy atom. The van der Waals surface area contributed by atoms with E-state index in [1.165, 1.54) is 31.2 Å². The smallest absolute Gasteiger partial charge is 0.416 e. The average molecular weight is 398 g/mol. The van der Waals surface area contributed by atoms with Crippen molar-refractivity contribution in [3.8, 4) is 11.5 Å². The minimum atomic E-state index is -4.49. The number of hydrogen-bond acceptors (Lipinski definition) is 2. The maximum Gasteiger partial charge on any atom is 0.416 e. The van der Waals surface area contributed by atoms with Crippen molar-refractivity contribution < 1.29 is 22.7 Å². The second kappa shape index (κ2) is 6.82. The fourth-order valence-corrected chi connectivity index (χ4v) is 2.25. The van der Waals surface area contributed by atoms with Gasteiger partial charge >= 0.3 is 6.18 Å². The normalized spacial score (nSPS) is 12.1. The number of halogens is 6. The predicted molar refractivity (Wildman–Crippen MR) is 87.4 cm³/mol. The molecule has 0 saturated carbocycles. The van der Waals surface area contributed by atoms with Gasteiger partial charge in [-0.1, -0.05) is 34.8 Å². The lowest BCUT2D eigenvalue weighted by atomic mass is 10.1. The number of carbonyl (C=O) groups excluding carboxylic acids is 1. The molecule has 0 aliphatic rings. The summed E-state index contributed by atoms with van der Waals surface area (Å²) in [6, 6.07) is 8.57. The molecule has 0 fully saturated rings. The van der Waals surface area contributed by atoms with Crippen molar-refractivity contribution in [2.75, 3.05) is 0 Å². The maximum absolute atomic E-state index is 12.6. The van der Waals surface area contributed by atoms with Crippen molar-refractivity contribution in [3.05, 3.63) is 58.6 Å². The van der Waals surface area contributed by atoms with E-state index in [0.29, 0.717) is 5.75 Å². The molecule has 128 valence electrons. The Morgan fingerprint density at radius 1 is 1.04 bits per heavy atom. The van der Waals surface area contributed by atoms with Crippen LogP contribution in [-0.4, -0.2) is 10.1 Å². The highest BCUT2D eigenvalue weighted by Crippen LogP contribution is 2.36. The Kier molecular flexibility index (Phi) is 5.37. The molecule has 0 aliphatic heterocycles. The first-order valence-corrected chi connectivity index (χ1v) is 7.69. The third-order valence-electron chi connectivity index (χ3n) is 3.00. The molecule has 0 atom stereocenters. The molecule has 8 heteroatoms. The summed E-state index contributed by atoms with van der Waals surface area (Å²) in [6.45, 7) is 1.35. The number of ether oxygens (including phenoxy) is 1. The van der Waals surface area contributed by atoms with Crippen molar-refractivity contribution in [1.29, 1.82) is 0 Å². The first-order valence-electron chi connectivity index (χ1n) is 6.56. The SMILES string of the molecule is CC(Cl)(Cl)C(=O)c1ccc(Oc2ccc(C(F)(F)F)cc2Cl)cc1. The first kappa shape index (κ1) is 18.9. The van der Waals surface area contributed by atoms with E-state index < -0.39 is 21.9 Å². The van der Waals surface area contributed by atoms with Gasteiger partial charge in [0.1, 0.15) is 11.5 Å². The quantitative estimate of drug-likeness (QED) is 0.433. The lowest BCUT2D eigenvalue weighted by Crippen LogP contribution is -2.21. The number of Topliss-reactive ketones (excluding diaryl/α,β-unsaturated/α-hetero) is 1. The summed E-state index contributed by atoms with van der Waals surface area (Å²) >= 11 is 17.3. The summed E-state index contributed by atoms with van der Waals surface area (Å²) in [5, 5.41) is -0.181. The molecule has 0 amide bonds. The molecule has 2 aromatic rings. The largest absolute Gasteiger partial charge is 0.456 e. The van der Waals surface area contributed by atoms with E-state index in [9.17, 15) is 18.0 Å². The Morgan fingerprint density at radius 2 is 1.62 bits per heavy atom. The van der Waals surface area contributed by atoms with Crippen LogP contribution in [0.5, 0.6) is 11.5 Å². The summed E-state index contributed by atoms with van der Waals surface area (Å²) in [7, 11) is 0. The van der Waals surface area contributed by atoms with E-state index in [1.54, 1.807) is 0 Å². The minimum Gasteiger partial charge on any atom is -0.456 e. The van der Waals surface area contributed by atoms with Gasteiger partial charge in [-0.05, 0) is 49.4 Å². The fraction of sp³-hybridized carbons (Fsp3) is 0.188. The van der Waals surface area contributed by atoms with Gasteiger partial charge in [-0.25, -0.2) is 0 Å². The zero-order chi connectivity index (χ0) is 18.1. The summed E-state index contributed by atoms with van der Waals surface area (Å²) in [6.07, 6.45) is -4.49. The van der Waals surface area contributed by atoms with Crippen LogP contribution in [0, 0.1) is 0 Å². The van der Waals surface area contributed by atoms with Crippen molar-refractivity contribution in [2.45, 2.75) is 17.4 Å². The van der Waals surface area contributed by atoms with Crippen LogP contribution in [0.4, 0.5) is 13.2 Å². The highest BCUT2D eigenvalue weighted by molar-refractivity contribution is 6.59. The van der Waals surface area contributed by atoms with Crippen LogP contribution in [0.1, 0.15) is 22.8 Å². The second-order valence-corrected chi connectivity index (χ2v) is 7.10. The molecule has 0 bridgehead atoms.